The molecule has 1 aromatic carbocycles. The Bertz CT molecular complexity index is 863. The molecule has 1 aliphatic heterocycles. The minimum atomic E-state index is -0.592. The Morgan fingerprint density at radius 1 is 1.28 bits per heavy atom. The average Bonchev–Trinajstić information content (AvgIpc) is 3.03. The number of rotatable bonds is 4. The summed E-state index contributed by atoms with van der Waals surface area (Å²) >= 11 is 3.47. The molecule has 3 rings (SSSR count). The van der Waals surface area contributed by atoms with Gasteiger partial charge >= 0.3 is 12.2 Å². The van der Waals surface area contributed by atoms with Gasteiger partial charge in [-0.05, 0) is 42.3 Å². The molecule has 2 heterocycles. The van der Waals surface area contributed by atoms with Crippen LogP contribution in [0.1, 0.15) is 32.0 Å². The fourth-order valence-electron chi connectivity index (χ4n) is 3.00. The van der Waals surface area contributed by atoms with Crippen LogP contribution in [-0.2, 0) is 29.2 Å². The molecule has 8 nitrogen and oxygen atoms in total. The normalized spacial score (nSPS) is 16.1. The van der Waals surface area contributed by atoms with Gasteiger partial charge in [0.25, 0.3) is 0 Å². The fraction of sp³-hybridized carbons (Fsp3) is 0.450. The molecule has 0 saturated heterocycles. The monoisotopic (exact) mass is 464 g/mol. The largest absolute Gasteiger partial charge is 0.445 e. The van der Waals surface area contributed by atoms with E-state index < -0.39 is 17.8 Å². The van der Waals surface area contributed by atoms with Crippen molar-refractivity contribution >= 4 is 28.1 Å². The van der Waals surface area contributed by atoms with Crippen molar-refractivity contribution in [2.75, 3.05) is 6.54 Å². The van der Waals surface area contributed by atoms with E-state index in [1.165, 1.54) is 0 Å². The maximum Gasteiger partial charge on any atom is 0.410 e. The van der Waals surface area contributed by atoms with Gasteiger partial charge in [0, 0.05) is 6.54 Å². The molecule has 0 saturated carbocycles. The third kappa shape index (κ3) is 5.72. The Labute approximate surface area is 178 Å². The third-order valence-corrected chi connectivity index (χ3v) is 5.03. The van der Waals surface area contributed by atoms with Crippen molar-refractivity contribution in [3.05, 3.63) is 52.3 Å². The van der Waals surface area contributed by atoms with Crippen LogP contribution in [0.4, 0.5) is 9.59 Å². The number of carbonyl (C=O) groups excluding carboxylic acids is 2. The van der Waals surface area contributed by atoms with E-state index in [1.54, 1.807) is 31.9 Å². The fourth-order valence-corrected chi connectivity index (χ4v) is 3.42. The molecule has 2 amide bonds. The summed E-state index contributed by atoms with van der Waals surface area (Å²) in [6, 6.07) is 9.19. The molecule has 9 heteroatoms. The Kier molecular flexibility index (Phi) is 6.46. The maximum absolute atomic E-state index is 12.8. The van der Waals surface area contributed by atoms with Crippen LogP contribution in [0.25, 0.3) is 0 Å². The van der Waals surface area contributed by atoms with Gasteiger partial charge in [0.1, 0.15) is 12.2 Å². The number of alkyl carbamates (subject to hydrolysis) is 1. The van der Waals surface area contributed by atoms with E-state index in [9.17, 15) is 9.59 Å². The standard InChI is InChI=1S/C20H25BrN4O4/c1-20(2,3)29-18(26)22-9-15-11-25-17(16(21)10-23-25)12-24(15)19(27)28-13-14-7-5-4-6-8-14/h4-8,10,15H,9,11-13H2,1-3H3,(H,22,26). The molecule has 0 aliphatic carbocycles. The number of hydrogen-bond donors (Lipinski definition) is 1. The average molecular weight is 465 g/mol. The highest BCUT2D eigenvalue weighted by molar-refractivity contribution is 9.10. The molecule has 1 aromatic heterocycles. The van der Waals surface area contributed by atoms with Gasteiger partial charge < -0.3 is 14.8 Å². The minimum Gasteiger partial charge on any atom is -0.445 e. The molecular weight excluding hydrogens is 440 g/mol. The number of carbonyl (C=O) groups is 2. The Balaban J connectivity index is 1.67. The first-order valence-corrected chi connectivity index (χ1v) is 10.2. The van der Waals surface area contributed by atoms with E-state index in [0.717, 1.165) is 15.7 Å². The summed E-state index contributed by atoms with van der Waals surface area (Å²) in [5, 5.41) is 7.07. The number of halogens is 1. The molecule has 0 bridgehead atoms. The van der Waals surface area contributed by atoms with Gasteiger partial charge in [-0.1, -0.05) is 30.3 Å². The van der Waals surface area contributed by atoms with Crippen LogP contribution in [0.3, 0.4) is 0 Å². The second-order valence-electron chi connectivity index (χ2n) is 7.83. The third-order valence-electron chi connectivity index (χ3n) is 4.36. The number of ether oxygens (including phenoxy) is 2. The predicted octanol–water partition coefficient (Wildman–Crippen LogP) is 3.69. The second kappa shape index (κ2) is 8.86. The Morgan fingerprint density at radius 3 is 2.69 bits per heavy atom. The van der Waals surface area contributed by atoms with E-state index in [1.807, 2.05) is 35.0 Å². The maximum atomic E-state index is 12.8. The smallest absolute Gasteiger partial charge is 0.410 e. The summed E-state index contributed by atoms with van der Waals surface area (Å²) in [7, 11) is 0. The summed E-state index contributed by atoms with van der Waals surface area (Å²) in [4.78, 5) is 26.5. The highest BCUT2D eigenvalue weighted by Crippen LogP contribution is 2.25. The van der Waals surface area contributed by atoms with Crippen molar-refractivity contribution in [2.24, 2.45) is 0 Å². The van der Waals surface area contributed by atoms with Crippen molar-refractivity contribution in [1.82, 2.24) is 20.0 Å². The van der Waals surface area contributed by atoms with E-state index >= 15 is 0 Å². The molecule has 2 aromatic rings. The zero-order valence-corrected chi connectivity index (χ0v) is 18.3. The first kappa shape index (κ1) is 21.2. The summed E-state index contributed by atoms with van der Waals surface area (Å²) in [6.45, 7) is 6.58. The van der Waals surface area contributed by atoms with Gasteiger partial charge in [0.2, 0.25) is 0 Å². The lowest BCUT2D eigenvalue weighted by Gasteiger charge is -2.35. The summed E-state index contributed by atoms with van der Waals surface area (Å²) < 4.78 is 13.5. The van der Waals surface area contributed by atoms with Crippen molar-refractivity contribution in [3.63, 3.8) is 0 Å². The molecule has 0 radical (unpaired) electrons. The van der Waals surface area contributed by atoms with Crippen molar-refractivity contribution in [3.8, 4) is 0 Å². The molecule has 1 unspecified atom stereocenters. The number of amides is 2. The number of nitrogens with one attached hydrogen (secondary N) is 1. The SMILES string of the molecule is CC(C)(C)OC(=O)NCC1Cn2ncc(Br)c2CN1C(=O)OCc1ccccc1. The molecule has 29 heavy (non-hydrogen) atoms. The van der Waals surface area contributed by atoms with Gasteiger partial charge in [0.15, 0.2) is 0 Å². The molecule has 0 spiro atoms. The van der Waals surface area contributed by atoms with Gasteiger partial charge in [-0.3, -0.25) is 9.58 Å². The van der Waals surface area contributed by atoms with Crippen LogP contribution in [0, 0.1) is 0 Å². The van der Waals surface area contributed by atoms with Crippen molar-refractivity contribution < 1.29 is 19.1 Å². The van der Waals surface area contributed by atoms with Crippen LogP contribution in [0.15, 0.2) is 41.0 Å². The topological polar surface area (TPSA) is 85.7 Å². The van der Waals surface area contributed by atoms with Crippen LogP contribution < -0.4 is 5.32 Å². The Morgan fingerprint density at radius 2 is 2.00 bits per heavy atom. The van der Waals surface area contributed by atoms with E-state index in [-0.39, 0.29) is 19.2 Å². The number of nitrogens with zero attached hydrogens (tertiary/aromatic N) is 3. The van der Waals surface area contributed by atoms with Crippen LogP contribution >= 0.6 is 15.9 Å². The first-order valence-electron chi connectivity index (χ1n) is 9.37. The molecule has 156 valence electrons. The molecule has 1 aliphatic rings. The highest BCUT2D eigenvalue weighted by atomic mass is 79.9. The second-order valence-corrected chi connectivity index (χ2v) is 8.68. The van der Waals surface area contributed by atoms with Crippen LogP contribution in [0.2, 0.25) is 0 Å². The molecule has 1 atom stereocenters. The quantitative estimate of drug-likeness (QED) is 0.745. The zero-order valence-electron chi connectivity index (χ0n) is 16.7. The Hall–Kier alpha value is -2.55. The van der Waals surface area contributed by atoms with Crippen molar-refractivity contribution in [2.45, 2.75) is 52.1 Å². The summed E-state index contributed by atoms with van der Waals surface area (Å²) in [6.07, 6.45) is 0.735. The van der Waals surface area contributed by atoms with E-state index in [4.69, 9.17) is 9.47 Å². The van der Waals surface area contributed by atoms with Crippen LogP contribution in [-0.4, -0.2) is 45.1 Å². The molecule has 0 fully saturated rings. The minimum absolute atomic E-state index is 0.183. The van der Waals surface area contributed by atoms with Crippen LogP contribution in [0.5, 0.6) is 0 Å². The number of hydrogen-bond acceptors (Lipinski definition) is 5. The van der Waals surface area contributed by atoms with E-state index in [0.29, 0.717) is 13.1 Å². The van der Waals surface area contributed by atoms with Gasteiger partial charge in [-0.25, -0.2) is 9.59 Å². The van der Waals surface area contributed by atoms with Gasteiger partial charge in [-0.2, -0.15) is 5.10 Å². The van der Waals surface area contributed by atoms with Crippen molar-refractivity contribution in [1.29, 1.82) is 0 Å². The lowest BCUT2D eigenvalue weighted by molar-refractivity contribution is 0.0441. The summed E-state index contributed by atoms with van der Waals surface area (Å²) in [5.74, 6) is 0. The zero-order chi connectivity index (χ0) is 21.0. The van der Waals surface area contributed by atoms with E-state index in [2.05, 4.69) is 26.3 Å². The number of fused-ring (bicyclic) bond motifs is 1. The molecule has 1 N–H and O–H groups in total. The van der Waals surface area contributed by atoms with Gasteiger partial charge in [0.05, 0.1) is 35.5 Å². The highest BCUT2D eigenvalue weighted by Gasteiger charge is 2.33. The predicted molar refractivity (Wildman–Crippen MR) is 110 cm³/mol. The van der Waals surface area contributed by atoms with Gasteiger partial charge in [-0.15, -0.1) is 0 Å². The lowest BCUT2D eigenvalue weighted by Crippen LogP contribution is -2.52. The summed E-state index contributed by atoms with van der Waals surface area (Å²) in [5.41, 5.74) is 1.20. The number of benzene rings is 1. The lowest BCUT2D eigenvalue weighted by atomic mass is 10.2. The molecular formula is C20H25BrN4O4. The number of aromatic nitrogens is 2. The first-order chi connectivity index (χ1) is 13.7.